The molecule has 2 heterocycles. The average molecular weight is 295 g/mol. The van der Waals surface area contributed by atoms with Crippen molar-refractivity contribution in [1.82, 2.24) is 9.62 Å². The molecule has 1 unspecified atom stereocenters. The second-order valence-electron chi connectivity index (χ2n) is 4.14. The van der Waals surface area contributed by atoms with E-state index in [1.807, 2.05) is 0 Å². The Morgan fingerprint density at radius 1 is 1.59 bits per heavy atom. The number of nitrogens with zero attached hydrogens (tertiary/aromatic N) is 1. The lowest BCUT2D eigenvalue weighted by Crippen LogP contribution is -2.38. The van der Waals surface area contributed by atoms with Crippen LogP contribution in [0.15, 0.2) is 16.3 Å². The molecule has 1 fully saturated rings. The van der Waals surface area contributed by atoms with Gasteiger partial charge in [0.1, 0.15) is 4.21 Å². The van der Waals surface area contributed by atoms with E-state index >= 15 is 0 Å². The van der Waals surface area contributed by atoms with Crippen LogP contribution in [0.5, 0.6) is 0 Å². The predicted octanol–water partition coefficient (Wildman–Crippen LogP) is 1.77. The zero-order chi connectivity index (χ0) is 12.5. The Hall–Kier alpha value is -0.140. The normalized spacial score (nSPS) is 21.2. The van der Waals surface area contributed by atoms with E-state index in [0.717, 1.165) is 30.7 Å². The minimum Gasteiger partial charge on any atom is -0.313 e. The number of hydrogen-bond acceptors (Lipinski definition) is 4. The summed E-state index contributed by atoms with van der Waals surface area (Å²) in [5.74, 6) is 0. The van der Waals surface area contributed by atoms with Gasteiger partial charge in [-0.25, -0.2) is 8.42 Å². The van der Waals surface area contributed by atoms with Crippen molar-refractivity contribution < 1.29 is 8.42 Å². The summed E-state index contributed by atoms with van der Waals surface area (Å²) >= 11 is 6.86. The topological polar surface area (TPSA) is 49.4 Å². The number of likely N-dealkylation sites (N-methyl/N-ethyl adjacent to an activating group) is 1. The Labute approximate surface area is 111 Å². The number of rotatable bonds is 4. The maximum Gasteiger partial charge on any atom is 0.252 e. The standard InChI is InChI=1S/C10H15ClN2O2S2/c1-13(7-8-3-2-6-12-8)17(14,15)10-5-4-9(11)16-10/h4-5,8,12H,2-3,6-7H2,1H3. The third kappa shape index (κ3) is 3.00. The average Bonchev–Trinajstić information content (AvgIpc) is 2.89. The quantitative estimate of drug-likeness (QED) is 0.921. The van der Waals surface area contributed by atoms with Gasteiger partial charge in [-0.3, -0.25) is 0 Å². The molecule has 1 aliphatic rings. The van der Waals surface area contributed by atoms with Crippen molar-refractivity contribution in [2.75, 3.05) is 20.1 Å². The smallest absolute Gasteiger partial charge is 0.252 e. The Morgan fingerprint density at radius 3 is 2.88 bits per heavy atom. The van der Waals surface area contributed by atoms with Crippen molar-refractivity contribution in [3.05, 3.63) is 16.5 Å². The molecule has 1 N–H and O–H groups in total. The van der Waals surface area contributed by atoms with E-state index in [9.17, 15) is 8.42 Å². The number of thiophene rings is 1. The van der Waals surface area contributed by atoms with Crippen molar-refractivity contribution in [3.8, 4) is 0 Å². The summed E-state index contributed by atoms with van der Waals surface area (Å²) < 4.78 is 26.6. The molecule has 0 bridgehead atoms. The second kappa shape index (κ2) is 5.24. The van der Waals surface area contributed by atoms with Crippen LogP contribution in [0.4, 0.5) is 0 Å². The molecule has 1 atom stereocenters. The first kappa shape index (κ1) is 13.3. The summed E-state index contributed by atoms with van der Waals surface area (Å²) in [6.45, 7) is 1.49. The minimum atomic E-state index is -3.38. The molecule has 7 heteroatoms. The molecule has 1 aliphatic heterocycles. The van der Waals surface area contributed by atoms with Crippen LogP contribution in [-0.2, 0) is 10.0 Å². The van der Waals surface area contributed by atoms with Crippen LogP contribution in [0.3, 0.4) is 0 Å². The Morgan fingerprint density at radius 2 is 2.35 bits per heavy atom. The van der Waals surface area contributed by atoms with Crippen LogP contribution in [-0.4, -0.2) is 38.9 Å². The van der Waals surface area contributed by atoms with E-state index in [2.05, 4.69) is 5.32 Å². The molecule has 2 rings (SSSR count). The molecule has 1 aromatic heterocycles. The fourth-order valence-corrected chi connectivity index (χ4v) is 4.82. The zero-order valence-corrected chi connectivity index (χ0v) is 11.9. The molecule has 0 radical (unpaired) electrons. The summed E-state index contributed by atoms with van der Waals surface area (Å²) in [5, 5.41) is 3.29. The predicted molar refractivity (Wildman–Crippen MR) is 70.2 cm³/mol. The summed E-state index contributed by atoms with van der Waals surface area (Å²) in [7, 11) is -1.76. The highest BCUT2D eigenvalue weighted by Crippen LogP contribution is 2.27. The van der Waals surface area contributed by atoms with E-state index in [1.165, 1.54) is 4.31 Å². The van der Waals surface area contributed by atoms with Gasteiger partial charge in [-0.15, -0.1) is 11.3 Å². The van der Waals surface area contributed by atoms with Crippen LogP contribution in [0, 0.1) is 0 Å². The van der Waals surface area contributed by atoms with Gasteiger partial charge in [0.15, 0.2) is 0 Å². The number of sulfonamides is 1. The van der Waals surface area contributed by atoms with E-state index < -0.39 is 10.0 Å². The number of nitrogens with one attached hydrogen (secondary N) is 1. The SMILES string of the molecule is CN(CC1CCCN1)S(=O)(=O)c1ccc(Cl)s1. The molecule has 0 amide bonds. The first-order valence-corrected chi connectivity index (χ1v) is 8.08. The van der Waals surface area contributed by atoms with Gasteiger partial charge in [-0.05, 0) is 31.5 Å². The molecule has 17 heavy (non-hydrogen) atoms. The molecule has 96 valence electrons. The maximum absolute atomic E-state index is 12.2. The fourth-order valence-electron chi connectivity index (χ4n) is 1.91. The van der Waals surface area contributed by atoms with Crippen molar-refractivity contribution in [1.29, 1.82) is 0 Å². The van der Waals surface area contributed by atoms with Crippen molar-refractivity contribution >= 4 is 33.0 Å². The highest BCUT2D eigenvalue weighted by Gasteiger charge is 2.26. The van der Waals surface area contributed by atoms with Crippen molar-refractivity contribution in [3.63, 3.8) is 0 Å². The van der Waals surface area contributed by atoms with Crippen LogP contribution < -0.4 is 5.32 Å². The summed E-state index contributed by atoms with van der Waals surface area (Å²) in [6.07, 6.45) is 2.15. The van der Waals surface area contributed by atoms with E-state index in [0.29, 0.717) is 15.1 Å². The molecule has 1 saturated heterocycles. The van der Waals surface area contributed by atoms with Crippen molar-refractivity contribution in [2.24, 2.45) is 0 Å². The van der Waals surface area contributed by atoms with Gasteiger partial charge in [0.2, 0.25) is 0 Å². The summed E-state index contributed by atoms with van der Waals surface area (Å²) in [6, 6.07) is 3.44. The molecule has 1 aromatic rings. The van der Waals surface area contributed by atoms with E-state index in [4.69, 9.17) is 11.6 Å². The Balaban J connectivity index is 2.09. The molecule has 4 nitrogen and oxygen atoms in total. The summed E-state index contributed by atoms with van der Waals surface area (Å²) in [5.41, 5.74) is 0. The third-order valence-corrected chi connectivity index (χ3v) is 6.37. The Bertz CT molecular complexity index is 480. The lowest BCUT2D eigenvalue weighted by Gasteiger charge is -2.20. The zero-order valence-electron chi connectivity index (χ0n) is 9.52. The lowest BCUT2D eigenvalue weighted by molar-refractivity contribution is 0.418. The van der Waals surface area contributed by atoms with Gasteiger partial charge in [0.05, 0.1) is 4.34 Å². The van der Waals surface area contributed by atoms with Gasteiger partial charge in [0.25, 0.3) is 10.0 Å². The number of hydrogen-bond donors (Lipinski definition) is 1. The molecule has 0 aliphatic carbocycles. The first-order chi connectivity index (χ1) is 8.00. The lowest BCUT2D eigenvalue weighted by atomic mass is 10.2. The molecule has 0 spiro atoms. The van der Waals surface area contributed by atoms with Gasteiger partial charge < -0.3 is 5.32 Å². The number of halogens is 1. The van der Waals surface area contributed by atoms with Crippen LogP contribution in [0.25, 0.3) is 0 Å². The van der Waals surface area contributed by atoms with Crippen LogP contribution in [0.2, 0.25) is 4.34 Å². The molecule has 0 saturated carbocycles. The second-order valence-corrected chi connectivity index (χ2v) is 8.12. The maximum atomic E-state index is 12.2. The van der Waals surface area contributed by atoms with Gasteiger partial charge in [-0.1, -0.05) is 11.6 Å². The van der Waals surface area contributed by atoms with Gasteiger partial charge in [-0.2, -0.15) is 4.31 Å². The molecule has 0 aromatic carbocycles. The highest BCUT2D eigenvalue weighted by atomic mass is 35.5. The van der Waals surface area contributed by atoms with E-state index in [1.54, 1.807) is 19.2 Å². The van der Waals surface area contributed by atoms with Crippen LogP contribution in [0.1, 0.15) is 12.8 Å². The first-order valence-electron chi connectivity index (χ1n) is 5.45. The monoisotopic (exact) mass is 294 g/mol. The molecular formula is C10H15ClN2O2S2. The minimum absolute atomic E-state index is 0.269. The third-order valence-electron chi connectivity index (χ3n) is 2.85. The van der Waals surface area contributed by atoms with Gasteiger partial charge in [0, 0.05) is 19.6 Å². The van der Waals surface area contributed by atoms with Crippen LogP contribution >= 0.6 is 22.9 Å². The highest BCUT2D eigenvalue weighted by molar-refractivity contribution is 7.91. The van der Waals surface area contributed by atoms with Crippen molar-refractivity contribution in [2.45, 2.75) is 23.1 Å². The largest absolute Gasteiger partial charge is 0.313 e. The van der Waals surface area contributed by atoms with Gasteiger partial charge >= 0.3 is 0 Å². The Kier molecular flexibility index (Phi) is 4.10. The summed E-state index contributed by atoms with van der Waals surface area (Å²) in [4.78, 5) is 0. The molecular weight excluding hydrogens is 280 g/mol. The fraction of sp³-hybridized carbons (Fsp3) is 0.600. The van der Waals surface area contributed by atoms with E-state index in [-0.39, 0.29) is 6.04 Å².